The number of nitrogens with zero attached hydrogens (tertiary/aromatic N) is 2. The predicted molar refractivity (Wildman–Crippen MR) is 122 cm³/mol. The number of benzene rings is 2. The van der Waals surface area contributed by atoms with Crippen molar-refractivity contribution < 1.29 is 27.9 Å². The SMILES string of the molecule is O=C(OCc1ccccc1)N1CCCN(C(=O)[C@H](CO)NS(=O)(=O)c2ccc(Cl)cc2)CC1. The van der Waals surface area contributed by atoms with Gasteiger partial charge in [0.05, 0.1) is 11.5 Å². The molecular formula is C22H26ClN3O6S. The minimum absolute atomic E-state index is 0.0682. The van der Waals surface area contributed by atoms with Gasteiger partial charge in [-0.25, -0.2) is 13.2 Å². The number of aliphatic hydroxyl groups excluding tert-OH is 1. The molecule has 9 nitrogen and oxygen atoms in total. The molecule has 11 heteroatoms. The molecule has 0 bridgehead atoms. The molecule has 1 aliphatic rings. The van der Waals surface area contributed by atoms with Crippen molar-refractivity contribution in [2.75, 3.05) is 32.8 Å². The number of carbonyl (C=O) groups excluding carboxylic acids is 2. The number of carbonyl (C=O) groups is 2. The highest BCUT2D eigenvalue weighted by Crippen LogP contribution is 2.15. The molecule has 1 saturated heterocycles. The molecule has 2 amide bonds. The van der Waals surface area contributed by atoms with E-state index in [9.17, 15) is 23.1 Å². The standard InChI is InChI=1S/C22H26ClN3O6S/c23-18-7-9-19(10-8-18)33(30,31)24-20(15-27)21(28)25-11-4-12-26(14-13-25)22(29)32-16-17-5-2-1-3-6-17/h1-3,5-10,20,24,27H,4,11-16H2/t20-/m0/s1. The molecule has 0 radical (unpaired) electrons. The molecule has 2 N–H and O–H groups in total. The predicted octanol–water partition coefficient (Wildman–Crippen LogP) is 1.85. The maximum absolute atomic E-state index is 12.9. The quantitative estimate of drug-likeness (QED) is 0.605. The second-order valence-corrected chi connectivity index (χ2v) is 9.67. The van der Waals surface area contributed by atoms with Crippen LogP contribution in [-0.4, -0.2) is 74.2 Å². The van der Waals surface area contributed by atoms with Gasteiger partial charge in [0.1, 0.15) is 12.6 Å². The van der Waals surface area contributed by atoms with Crippen LogP contribution in [0.1, 0.15) is 12.0 Å². The number of sulfonamides is 1. The molecule has 178 valence electrons. The molecule has 3 rings (SSSR count). The monoisotopic (exact) mass is 495 g/mol. The number of aliphatic hydroxyl groups is 1. The summed E-state index contributed by atoms with van der Waals surface area (Å²) in [6.45, 7) is 0.598. The lowest BCUT2D eigenvalue weighted by Crippen LogP contribution is -2.51. The average Bonchev–Trinajstić information content (AvgIpc) is 3.08. The van der Waals surface area contributed by atoms with Gasteiger partial charge in [0.25, 0.3) is 0 Å². The first kappa shape index (κ1) is 25.0. The topological polar surface area (TPSA) is 116 Å². The zero-order valence-corrected chi connectivity index (χ0v) is 19.5. The first-order chi connectivity index (χ1) is 15.8. The summed E-state index contributed by atoms with van der Waals surface area (Å²) in [5, 5.41) is 10.1. The number of hydrogen-bond donors (Lipinski definition) is 2. The molecule has 2 aromatic carbocycles. The number of ether oxygens (including phenoxy) is 1. The fourth-order valence-electron chi connectivity index (χ4n) is 3.39. The lowest BCUT2D eigenvalue weighted by Gasteiger charge is -2.26. The minimum atomic E-state index is -4.04. The van der Waals surface area contributed by atoms with Crippen LogP contribution in [0.25, 0.3) is 0 Å². The average molecular weight is 496 g/mol. The van der Waals surface area contributed by atoms with Gasteiger partial charge in [-0.2, -0.15) is 4.72 Å². The molecule has 33 heavy (non-hydrogen) atoms. The summed E-state index contributed by atoms with van der Waals surface area (Å²) in [5.41, 5.74) is 0.872. The fraction of sp³-hybridized carbons (Fsp3) is 0.364. The van der Waals surface area contributed by atoms with Crippen LogP contribution in [0.15, 0.2) is 59.5 Å². The molecule has 1 fully saturated rings. The summed E-state index contributed by atoms with van der Waals surface area (Å²) in [7, 11) is -4.04. The Morgan fingerprint density at radius 2 is 1.64 bits per heavy atom. The van der Waals surface area contributed by atoms with E-state index >= 15 is 0 Å². The highest BCUT2D eigenvalue weighted by Gasteiger charge is 2.30. The number of rotatable bonds is 7. The van der Waals surface area contributed by atoms with Crippen LogP contribution >= 0.6 is 11.6 Å². The van der Waals surface area contributed by atoms with Crippen molar-refractivity contribution in [2.24, 2.45) is 0 Å². The fourth-order valence-corrected chi connectivity index (χ4v) is 4.69. The van der Waals surface area contributed by atoms with Crippen molar-refractivity contribution >= 4 is 33.6 Å². The van der Waals surface area contributed by atoms with Gasteiger partial charge in [-0.1, -0.05) is 41.9 Å². The van der Waals surface area contributed by atoms with Crippen LogP contribution < -0.4 is 4.72 Å². The molecule has 1 heterocycles. The normalized spacial score (nSPS) is 15.6. The largest absolute Gasteiger partial charge is 0.445 e. The Hall–Kier alpha value is -2.66. The third kappa shape index (κ3) is 6.91. The molecule has 0 spiro atoms. The van der Waals surface area contributed by atoms with Gasteiger partial charge in [0, 0.05) is 31.2 Å². The third-order valence-corrected chi connectivity index (χ3v) is 6.91. The molecule has 0 saturated carbocycles. The van der Waals surface area contributed by atoms with Gasteiger partial charge < -0.3 is 19.6 Å². The van der Waals surface area contributed by atoms with Crippen LogP contribution in [0.4, 0.5) is 4.79 Å². The first-order valence-corrected chi connectivity index (χ1v) is 12.3. The molecular weight excluding hydrogens is 470 g/mol. The number of halogens is 1. The summed E-state index contributed by atoms with van der Waals surface area (Å²) in [6, 6.07) is 13.4. The van der Waals surface area contributed by atoms with Crippen molar-refractivity contribution in [3.8, 4) is 0 Å². The summed E-state index contributed by atoms with van der Waals surface area (Å²) in [4.78, 5) is 28.2. The van der Waals surface area contributed by atoms with E-state index in [0.717, 1.165) is 5.56 Å². The second-order valence-electron chi connectivity index (χ2n) is 7.52. The van der Waals surface area contributed by atoms with E-state index < -0.39 is 34.7 Å². The zero-order valence-electron chi connectivity index (χ0n) is 17.9. The van der Waals surface area contributed by atoms with E-state index in [1.54, 1.807) is 0 Å². The van der Waals surface area contributed by atoms with Gasteiger partial charge in [0.2, 0.25) is 15.9 Å². The Balaban J connectivity index is 1.57. The molecule has 0 aromatic heterocycles. The van der Waals surface area contributed by atoms with Gasteiger partial charge in [-0.15, -0.1) is 0 Å². The Morgan fingerprint density at radius 1 is 1.00 bits per heavy atom. The van der Waals surface area contributed by atoms with E-state index in [2.05, 4.69) is 4.72 Å². The first-order valence-electron chi connectivity index (χ1n) is 10.4. The van der Waals surface area contributed by atoms with Gasteiger partial charge in [-0.05, 0) is 36.2 Å². The number of amides is 2. The Bertz CT molecular complexity index is 1050. The molecule has 1 atom stereocenters. The Labute approximate surface area is 197 Å². The van der Waals surface area contributed by atoms with E-state index in [4.69, 9.17) is 16.3 Å². The van der Waals surface area contributed by atoms with E-state index in [1.807, 2.05) is 30.3 Å². The summed E-state index contributed by atoms with van der Waals surface area (Å²) < 4.78 is 32.8. The van der Waals surface area contributed by atoms with Crippen LogP contribution in [0, 0.1) is 0 Å². The maximum Gasteiger partial charge on any atom is 0.410 e. The summed E-state index contributed by atoms with van der Waals surface area (Å²) in [6.07, 6.45) is 0.0177. The molecule has 1 aliphatic heterocycles. The van der Waals surface area contributed by atoms with Crippen molar-refractivity contribution in [3.05, 3.63) is 65.2 Å². The number of hydrogen-bond acceptors (Lipinski definition) is 6. The Kier molecular flexibility index (Phi) is 8.67. The van der Waals surface area contributed by atoms with Crippen molar-refractivity contribution in [1.29, 1.82) is 0 Å². The maximum atomic E-state index is 12.9. The van der Waals surface area contributed by atoms with Crippen LogP contribution in [0.2, 0.25) is 5.02 Å². The second kappa shape index (κ2) is 11.5. The lowest BCUT2D eigenvalue weighted by molar-refractivity contribution is -0.133. The minimum Gasteiger partial charge on any atom is -0.445 e. The molecule has 0 unspecified atom stereocenters. The number of nitrogens with one attached hydrogen (secondary N) is 1. The van der Waals surface area contributed by atoms with Crippen molar-refractivity contribution in [2.45, 2.75) is 24.0 Å². The van der Waals surface area contributed by atoms with E-state index in [0.29, 0.717) is 24.5 Å². The van der Waals surface area contributed by atoms with Crippen molar-refractivity contribution in [1.82, 2.24) is 14.5 Å². The van der Waals surface area contributed by atoms with Gasteiger partial charge >= 0.3 is 6.09 Å². The van der Waals surface area contributed by atoms with Crippen molar-refractivity contribution in [3.63, 3.8) is 0 Å². The van der Waals surface area contributed by atoms with E-state index in [-0.39, 0.29) is 24.6 Å². The highest BCUT2D eigenvalue weighted by atomic mass is 35.5. The van der Waals surface area contributed by atoms with Gasteiger partial charge in [-0.3, -0.25) is 4.79 Å². The summed E-state index contributed by atoms with van der Waals surface area (Å²) in [5.74, 6) is -0.561. The zero-order chi connectivity index (χ0) is 23.8. The van der Waals surface area contributed by atoms with Crippen LogP contribution in [-0.2, 0) is 26.2 Å². The van der Waals surface area contributed by atoms with Gasteiger partial charge in [0.15, 0.2) is 0 Å². The van der Waals surface area contributed by atoms with Crippen LogP contribution in [0.3, 0.4) is 0 Å². The Morgan fingerprint density at radius 3 is 2.30 bits per heavy atom. The van der Waals surface area contributed by atoms with Crippen LogP contribution in [0.5, 0.6) is 0 Å². The lowest BCUT2D eigenvalue weighted by atomic mass is 10.2. The smallest absolute Gasteiger partial charge is 0.410 e. The third-order valence-electron chi connectivity index (χ3n) is 5.17. The molecule has 2 aromatic rings. The summed E-state index contributed by atoms with van der Waals surface area (Å²) >= 11 is 5.79. The molecule has 0 aliphatic carbocycles. The highest BCUT2D eigenvalue weighted by molar-refractivity contribution is 7.89. The van der Waals surface area contributed by atoms with E-state index in [1.165, 1.54) is 34.1 Å².